The van der Waals surface area contributed by atoms with E-state index < -0.39 is 6.10 Å². The Labute approximate surface area is 159 Å². The van der Waals surface area contributed by atoms with Gasteiger partial charge in [-0.1, -0.05) is 67.7 Å². The van der Waals surface area contributed by atoms with Crippen molar-refractivity contribution >= 4 is 5.97 Å². The second kappa shape index (κ2) is 19.5. The molecule has 0 amide bonds. The van der Waals surface area contributed by atoms with E-state index in [0.717, 1.165) is 44.9 Å². The van der Waals surface area contributed by atoms with Gasteiger partial charge in [0.05, 0.1) is 19.6 Å². The standard InChI is InChI=1S/C23H36O3/c1-3-4-5-6-7-8-9-10-11-12-13-14-15-16-17-18-19-20-22(24)21-23(25)26-2/h4-5,7-8,10-11,13-14,16-17,22,24H,3,6,9,12,15,18-21H2,1-2H3/b5-4+,8-7+,11-10+,14-13+,17-16+. The quantitative estimate of drug-likeness (QED) is 0.227. The molecule has 0 aromatic rings. The maximum absolute atomic E-state index is 11.0. The smallest absolute Gasteiger partial charge is 0.308 e. The third-order valence-corrected chi connectivity index (χ3v) is 3.70. The number of esters is 1. The summed E-state index contributed by atoms with van der Waals surface area (Å²) in [4.78, 5) is 11.0. The van der Waals surface area contributed by atoms with Crippen LogP contribution in [0.25, 0.3) is 0 Å². The summed E-state index contributed by atoms with van der Waals surface area (Å²) in [5, 5.41) is 9.63. The first-order valence-corrected chi connectivity index (χ1v) is 9.70. The zero-order chi connectivity index (χ0) is 19.3. The minimum atomic E-state index is -0.592. The van der Waals surface area contributed by atoms with Crippen LogP contribution in [0.5, 0.6) is 0 Å². The molecule has 0 bridgehead atoms. The number of hydrogen-bond donors (Lipinski definition) is 1. The van der Waals surface area contributed by atoms with Crippen LogP contribution < -0.4 is 0 Å². The lowest BCUT2D eigenvalue weighted by Crippen LogP contribution is -2.14. The van der Waals surface area contributed by atoms with Crippen molar-refractivity contribution in [1.29, 1.82) is 0 Å². The van der Waals surface area contributed by atoms with Gasteiger partial charge in [0.15, 0.2) is 0 Å². The normalized spacial score (nSPS) is 13.8. The lowest BCUT2D eigenvalue weighted by molar-refractivity contribution is -0.142. The number of carbonyl (C=O) groups excluding carboxylic acids is 1. The van der Waals surface area contributed by atoms with Gasteiger partial charge in [0.1, 0.15) is 0 Å². The molecule has 0 saturated carbocycles. The van der Waals surface area contributed by atoms with Crippen LogP contribution in [0.1, 0.15) is 64.7 Å². The van der Waals surface area contributed by atoms with Crippen LogP contribution in [0.4, 0.5) is 0 Å². The third kappa shape index (κ3) is 18.5. The highest BCUT2D eigenvalue weighted by Gasteiger charge is 2.09. The van der Waals surface area contributed by atoms with E-state index in [-0.39, 0.29) is 12.4 Å². The average Bonchev–Trinajstić information content (AvgIpc) is 2.64. The van der Waals surface area contributed by atoms with Gasteiger partial charge in [-0.2, -0.15) is 0 Å². The van der Waals surface area contributed by atoms with Gasteiger partial charge in [0.25, 0.3) is 0 Å². The summed E-state index contributed by atoms with van der Waals surface area (Å²) < 4.78 is 4.53. The Morgan fingerprint density at radius 2 is 1.31 bits per heavy atom. The number of unbranched alkanes of at least 4 members (excludes halogenated alkanes) is 1. The van der Waals surface area contributed by atoms with E-state index in [1.54, 1.807) is 0 Å². The minimum Gasteiger partial charge on any atom is -0.469 e. The number of aliphatic hydroxyl groups excluding tert-OH is 1. The summed E-state index contributed by atoms with van der Waals surface area (Å²) in [6.07, 6.45) is 28.7. The molecular formula is C23H36O3. The lowest BCUT2D eigenvalue weighted by atomic mass is 10.1. The van der Waals surface area contributed by atoms with Gasteiger partial charge in [-0.3, -0.25) is 4.79 Å². The monoisotopic (exact) mass is 360 g/mol. The van der Waals surface area contributed by atoms with E-state index in [2.05, 4.69) is 72.4 Å². The number of methoxy groups -OCH3 is 1. The van der Waals surface area contributed by atoms with Gasteiger partial charge in [-0.05, 0) is 51.4 Å². The number of hydrogen-bond acceptors (Lipinski definition) is 3. The van der Waals surface area contributed by atoms with E-state index in [9.17, 15) is 9.90 Å². The molecule has 0 fully saturated rings. The van der Waals surface area contributed by atoms with Crippen molar-refractivity contribution in [3.05, 3.63) is 60.8 Å². The van der Waals surface area contributed by atoms with Crippen molar-refractivity contribution in [3.8, 4) is 0 Å². The average molecular weight is 361 g/mol. The van der Waals surface area contributed by atoms with E-state index in [1.807, 2.05) is 0 Å². The Hall–Kier alpha value is -1.87. The second-order valence-corrected chi connectivity index (χ2v) is 6.07. The Balaban J connectivity index is 3.54. The highest BCUT2D eigenvalue weighted by atomic mass is 16.5. The van der Waals surface area contributed by atoms with Gasteiger partial charge < -0.3 is 9.84 Å². The van der Waals surface area contributed by atoms with E-state index >= 15 is 0 Å². The molecule has 26 heavy (non-hydrogen) atoms. The molecule has 1 N–H and O–H groups in total. The first-order chi connectivity index (χ1) is 12.7. The largest absolute Gasteiger partial charge is 0.469 e. The van der Waals surface area contributed by atoms with E-state index in [0.29, 0.717) is 6.42 Å². The molecule has 0 radical (unpaired) electrons. The number of ether oxygens (including phenoxy) is 1. The number of aliphatic hydroxyl groups is 1. The molecule has 0 aromatic heterocycles. The zero-order valence-electron chi connectivity index (χ0n) is 16.5. The maximum atomic E-state index is 11.0. The first kappa shape index (κ1) is 24.1. The van der Waals surface area contributed by atoms with Crippen molar-refractivity contribution < 1.29 is 14.6 Å². The van der Waals surface area contributed by atoms with Gasteiger partial charge in [0, 0.05) is 0 Å². The third-order valence-electron chi connectivity index (χ3n) is 3.70. The molecule has 0 heterocycles. The topological polar surface area (TPSA) is 46.5 Å². The van der Waals surface area contributed by atoms with E-state index in [1.165, 1.54) is 7.11 Å². The first-order valence-electron chi connectivity index (χ1n) is 9.70. The van der Waals surface area contributed by atoms with Crippen molar-refractivity contribution in [3.63, 3.8) is 0 Å². The van der Waals surface area contributed by atoms with Gasteiger partial charge in [-0.15, -0.1) is 0 Å². The Kier molecular flexibility index (Phi) is 18.1. The molecule has 0 aliphatic heterocycles. The van der Waals surface area contributed by atoms with Crippen LogP contribution in [-0.4, -0.2) is 24.3 Å². The molecule has 3 nitrogen and oxygen atoms in total. The molecule has 0 spiro atoms. The Morgan fingerprint density at radius 3 is 1.77 bits per heavy atom. The van der Waals surface area contributed by atoms with Crippen LogP contribution >= 0.6 is 0 Å². The summed E-state index contributed by atoms with van der Waals surface area (Å²) in [6.45, 7) is 2.15. The summed E-state index contributed by atoms with van der Waals surface area (Å²) in [7, 11) is 1.34. The Bertz CT molecular complexity index is 470. The molecule has 0 aromatic carbocycles. The fraction of sp³-hybridized carbons (Fsp3) is 0.522. The maximum Gasteiger partial charge on any atom is 0.308 e. The minimum absolute atomic E-state index is 0.0855. The van der Waals surface area contributed by atoms with Crippen molar-refractivity contribution in [2.45, 2.75) is 70.8 Å². The predicted octanol–water partition coefficient (Wildman–Crippen LogP) is 5.83. The van der Waals surface area contributed by atoms with Crippen LogP contribution in [0.2, 0.25) is 0 Å². The van der Waals surface area contributed by atoms with Crippen LogP contribution in [0, 0.1) is 0 Å². The SMILES string of the molecule is CC/C=C/C/C=C/C/C=C/C/C=C/C/C=C/CCCC(O)CC(=O)OC. The fourth-order valence-electron chi connectivity index (χ4n) is 2.22. The van der Waals surface area contributed by atoms with Crippen molar-refractivity contribution in [2.24, 2.45) is 0 Å². The highest BCUT2D eigenvalue weighted by molar-refractivity contribution is 5.69. The predicted molar refractivity (Wildman–Crippen MR) is 111 cm³/mol. The van der Waals surface area contributed by atoms with Crippen molar-refractivity contribution in [1.82, 2.24) is 0 Å². The number of allylic oxidation sites excluding steroid dienone is 10. The van der Waals surface area contributed by atoms with Crippen LogP contribution in [-0.2, 0) is 9.53 Å². The fourth-order valence-corrected chi connectivity index (χ4v) is 2.22. The summed E-state index contributed by atoms with van der Waals surface area (Å²) in [5.74, 6) is -0.354. The summed E-state index contributed by atoms with van der Waals surface area (Å²) in [5.41, 5.74) is 0. The Morgan fingerprint density at radius 1 is 0.846 bits per heavy atom. The lowest BCUT2D eigenvalue weighted by Gasteiger charge is -2.07. The van der Waals surface area contributed by atoms with Crippen LogP contribution in [0.3, 0.4) is 0 Å². The number of carbonyl (C=O) groups is 1. The highest BCUT2D eigenvalue weighted by Crippen LogP contribution is 2.06. The van der Waals surface area contributed by atoms with Gasteiger partial charge in [0.2, 0.25) is 0 Å². The molecule has 0 aliphatic carbocycles. The van der Waals surface area contributed by atoms with Gasteiger partial charge >= 0.3 is 5.97 Å². The van der Waals surface area contributed by atoms with Gasteiger partial charge in [-0.25, -0.2) is 0 Å². The molecule has 0 saturated heterocycles. The zero-order valence-corrected chi connectivity index (χ0v) is 16.5. The summed E-state index contributed by atoms with van der Waals surface area (Å²) in [6, 6.07) is 0. The van der Waals surface area contributed by atoms with Crippen LogP contribution in [0.15, 0.2) is 60.8 Å². The molecule has 0 rings (SSSR count). The molecular weight excluding hydrogens is 324 g/mol. The molecule has 0 aliphatic rings. The molecule has 3 heteroatoms. The summed E-state index contributed by atoms with van der Waals surface area (Å²) >= 11 is 0. The molecule has 1 unspecified atom stereocenters. The van der Waals surface area contributed by atoms with Crippen molar-refractivity contribution in [2.75, 3.05) is 7.11 Å². The number of rotatable bonds is 15. The molecule has 1 atom stereocenters. The molecule has 146 valence electrons. The van der Waals surface area contributed by atoms with E-state index in [4.69, 9.17) is 0 Å². The second-order valence-electron chi connectivity index (χ2n) is 6.07.